The van der Waals surface area contributed by atoms with Crippen molar-refractivity contribution in [1.29, 1.82) is 0 Å². The van der Waals surface area contributed by atoms with Crippen molar-refractivity contribution in [2.75, 3.05) is 33.4 Å². The summed E-state index contributed by atoms with van der Waals surface area (Å²) < 4.78 is 11.3. The largest absolute Gasteiger partial charge is 0.486 e. The number of rotatable bonds is 4. The van der Waals surface area contributed by atoms with Crippen molar-refractivity contribution in [1.82, 2.24) is 10.2 Å². The van der Waals surface area contributed by atoms with E-state index < -0.39 is 0 Å². The first-order valence-electron chi connectivity index (χ1n) is 8.14. The number of likely N-dealkylation sites (N-methyl/N-ethyl adjacent to an activating group) is 1. The predicted molar refractivity (Wildman–Crippen MR) is 81.9 cm³/mol. The van der Waals surface area contributed by atoms with Crippen LogP contribution in [0.4, 0.5) is 0 Å². The van der Waals surface area contributed by atoms with Crippen molar-refractivity contribution in [3.8, 4) is 11.5 Å². The topological polar surface area (TPSA) is 33.7 Å². The molecule has 0 aromatic heterocycles. The zero-order chi connectivity index (χ0) is 14.2. The van der Waals surface area contributed by atoms with E-state index in [0.29, 0.717) is 19.3 Å². The summed E-state index contributed by atoms with van der Waals surface area (Å²) in [4.78, 5) is 2.67. The molecule has 21 heavy (non-hydrogen) atoms. The fraction of sp³-hybridized carbons (Fsp3) is 0.647. The smallest absolute Gasteiger partial charge is 0.161 e. The molecule has 2 fully saturated rings. The lowest BCUT2D eigenvalue weighted by Crippen LogP contribution is -2.38. The van der Waals surface area contributed by atoms with Crippen LogP contribution in [0.2, 0.25) is 0 Å². The Morgan fingerprint density at radius 3 is 2.81 bits per heavy atom. The molecule has 4 nitrogen and oxygen atoms in total. The summed E-state index contributed by atoms with van der Waals surface area (Å²) in [6.07, 6.45) is 4.25. The van der Waals surface area contributed by atoms with Gasteiger partial charge in [-0.2, -0.15) is 0 Å². The van der Waals surface area contributed by atoms with Gasteiger partial charge in [-0.15, -0.1) is 0 Å². The summed E-state index contributed by atoms with van der Waals surface area (Å²) in [5, 5.41) is 3.47. The van der Waals surface area contributed by atoms with E-state index in [1.807, 2.05) is 6.07 Å². The van der Waals surface area contributed by atoms with E-state index in [-0.39, 0.29) is 0 Å². The second kappa shape index (κ2) is 5.50. The number of benzene rings is 1. The third-order valence-electron chi connectivity index (χ3n) is 5.26. The number of nitrogens with one attached hydrogen (secondary N) is 1. The van der Waals surface area contributed by atoms with Gasteiger partial charge in [0.05, 0.1) is 0 Å². The number of nitrogens with zero attached hydrogens (tertiary/aromatic N) is 1. The molecule has 2 heterocycles. The molecule has 3 unspecified atom stereocenters. The van der Waals surface area contributed by atoms with Crippen LogP contribution in [0.5, 0.6) is 11.5 Å². The highest BCUT2D eigenvalue weighted by Gasteiger charge is 2.38. The van der Waals surface area contributed by atoms with Crippen LogP contribution in [0.25, 0.3) is 0 Å². The third-order valence-corrected chi connectivity index (χ3v) is 5.26. The standard InChI is InChI=1S/C17H24N2O2/c1-18-15(11-19-10-12-2-4-14(19)8-12)13-3-5-16-17(9-13)21-7-6-20-16/h3,5,9,12,14-15,18H,2,4,6-8,10-11H2,1H3. The van der Waals surface area contributed by atoms with Gasteiger partial charge in [0.2, 0.25) is 0 Å². The third kappa shape index (κ3) is 2.51. The molecule has 3 atom stereocenters. The van der Waals surface area contributed by atoms with Crippen LogP contribution in [0.15, 0.2) is 18.2 Å². The maximum atomic E-state index is 5.71. The minimum absolute atomic E-state index is 0.361. The molecule has 1 aromatic carbocycles. The highest BCUT2D eigenvalue weighted by molar-refractivity contribution is 5.44. The van der Waals surface area contributed by atoms with Crippen LogP contribution in [-0.2, 0) is 0 Å². The predicted octanol–water partition coefficient (Wildman–Crippen LogP) is 2.20. The molecule has 1 N–H and O–H groups in total. The van der Waals surface area contributed by atoms with E-state index in [1.54, 1.807) is 0 Å². The van der Waals surface area contributed by atoms with Gasteiger partial charge < -0.3 is 14.8 Å². The Kier molecular flexibility index (Phi) is 3.51. The van der Waals surface area contributed by atoms with Crippen LogP contribution < -0.4 is 14.8 Å². The molecule has 1 saturated carbocycles. The summed E-state index contributed by atoms with van der Waals surface area (Å²) in [5.41, 5.74) is 1.30. The van der Waals surface area contributed by atoms with Crippen molar-refractivity contribution < 1.29 is 9.47 Å². The fourth-order valence-corrected chi connectivity index (χ4v) is 4.12. The molecule has 2 bridgehead atoms. The van der Waals surface area contributed by atoms with Crippen LogP contribution in [0, 0.1) is 5.92 Å². The Morgan fingerprint density at radius 2 is 2.10 bits per heavy atom. The van der Waals surface area contributed by atoms with Gasteiger partial charge in [-0.3, -0.25) is 4.90 Å². The SMILES string of the molecule is CNC(CN1CC2CCC1C2)c1ccc2c(c1)OCCO2. The minimum Gasteiger partial charge on any atom is -0.486 e. The molecule has 4 heteroatoms. The number of hydrogen-bond acceptors (Lipinski definition) is 4. The number of ether oxygens (including phenoxy) is 2. The summed E-state index contributed by atoms with van der Waals surface area (Å²) in [6, 6.07) is 7.54. The zero-order valence-corrected chi connectivity index (χ0v) is 12.7. The zero-order valence-electron chi connectivity index (χ0n) is 12.7. The van der Waals surface area contributed by atoms with E-state index in [9.17, 15) is 0 Å². The lowest BCUT2D eigenvalue weighted by atomic mass is 10.0. The normalized spacial score (nSPS) is 28.8. The van der Waals surface area contributed by atoms with E-state index in [0.717, 1.165) is 30.0 Å². The van der Waals surface area contributed by atoms with Gasteiger partial charge in [-0.25, -0.2) is 0 Å². The summed E-state index contributed by atoms with van der Waals surface area (Å²) in [7, 11) is 2.05. The molecule has 4 rings (SSSR count). The Labute approximate surface area is 126 Å². The van der Waals surface area contributed by atoms with Crippen LogP contribution >= 0.6 is 0 Å². The Bertz CT molecular complexity index is 520. The quantitative estimate of drug-likeness (QED) is 0.921. The average Bonchev–Trinajstić information content (AvgIpc) is 3.15. The van der Waals surface area contributed by atoms with Gasteiger partial charge >= 0.3 is 0 Å². The molecule has 0 spiro atoms. The monoisotopic (exact) mass is 288 g/mol. The van der Waals surface area contributed by atoms with Gasteiger partial charge in [0.15, 0.2) is 11.5 Å². The van der Waals surface area contributed by atoms with E-state index in [2.05, 4.69) is 29.4 Å². The Hall–Kier alpha value is -1.26. The first-order chi connectivity index (χ1) is 10.3. The summed E-state index contributed by atoms with van der Waals surface area (Å²) in [6.45, 7) is 3.68. The van der Waals surface area contributed by atoms with Gasteiger partial charge in [0.25, 0.3) is 0 Å². The molecule has 2 aliphatic heterocycles. The van der Waals surface area contributed by atoms with E-state index >= 15 is 0 Å². The molecule has 0 radical (unpaired) electrons. The minimum atomic E-state index is 0.361. The molecular formula is C17H24N2O2. The average molecular weight is 288 g/mol. The Balaban J connectivity index is 1.50. The van der Waals surface area contributed by atoms with Crippen LogP contribution in [-0.4, -0.2) is 44.3 Å². The number of likely N-dealkylation sites (tertiary alicyclic amines) is 1. The lowest BCUT2D eigenvalue weighted by Gasteiger charge is -2.31. The van der Waals surface area contributed by atoms with Crippen molar-refractivity contribution in [2.45, 2.75) is 31.3 Å². The maximum absolute atomic E-state index is 5.71. The molecule has 0 amide bonds. The van der Waals surface area contributed by atoms with Crippen LogP contribution in [0.1, 0.15) is 30.9 Å². The highest BCUT2D eigenvalue weighted by Crippen LogP contribution is 2.39. The highest BCUT2D eigenvalue weighted by atomic mass is 16.6. The van der Waals surface area contributed by atoms with Crippen molar-refractivity contribution in [3.63, 3.8) is 0 Å². The summed E-state index contributed by atoms with van der Waals surface area (Å²) in [5.74, 6) is 2.72. The van der Waals surface area contributed by atoms with Crippen molar-refractivity contribution >= 4 is 0 Å². The number of fused-ring (bicyclic) bond motifs is 3. The maximum Gasteiger partial charge on any atom is 0.161 e. The van der Waals surface area contributed by atoms with Crippen LogP contribution in [0.3, 0.4) is 0 Å². The molecule has 1 aliphatic carbocycles. The first-order valence-corrected chi connectivity index (χ1v) is 8.14. The fourth-order valence-electron chi connectivity index (χ4n) is 4.12. The lowest BCUT2D eigenvalue weighted by molar-refractivity contribution is 0.170. The van der Waals surface area contributed by atoms with Gasteiger partial charge in [0.1, 0.15) is 13.2 Å². The molecule has 1 saturated heterocycles. The van der Waals surface area contributed by atoms with Gasteiger partial charge in [-0.1, -0.05) is 6.07 Å². The number of hydrogen-bond donors (Lipinski definition) is 1. The molecule has 1 aromatic rings. The van der Waals surface area contributed by atoms with E-state index in [1.165, 1.54) is 31.4 Å². The number of piperidine rings is 1. The Morgan fingerprint density at radius 1 is 1.24 bits per heavy atom. The van der Waals surface area contributed by atoms with Crippen molar-refractivity contribution in [2.24, 2.45) is 5.92 Å². The first kappa shape index (κ1) is 13.4. The molecular weight excluding hydrogens is 264 g/mol. The van der Waals surface area contributed by atoms with E-state index in [4.69, 9.17) is 9.47 Å². The molecule has 114 valence electrons. The second-order valence-corrected chi connectivity index (χ2v) is 6.53. The summed E-state index contributed by atoms with van der Waals surface area (Å²) >= 11 is 0. The molecule has 3 aliphatic rings. The van der Waals surface area contributed by atoms with Crippen molar-refractivity contribution in [3.05, 3.63) is 23.8 Å². The van der Waals surface area contributed by atoms with Gasteiger partial charge in [0, 0.05) is 25.2 Å². The van der Waals surface area contributed by atoms with Gasteiger partial charge in [-0.05, 0) is 49.9 Å². The second-order valence-electron chi connectivity index (χ2n) is 6.53.